The summed E-state index contributed by atoms with van der Waals surface area (Å²) >= 11 is 3.48. The minimum absolute atomic E-state index is 0.228. The van der Waals surface area contributed by atoms with Gasteiger partial charge < -0.3 is 9.47 Å². The first-order valence-electron chi connectivity index (χ1n) is 7.22. The highest BCUT2D eigenvalue weighted by Gasteiger charge is 2.32. The van der Waals surface area contributed by atoms with Crippen LogP contribution in [0.2, 0.25) is 0 Å². The quantitative estimate of drug-likeness (QED) is 0.804. The maximum atomic E-state index is 12.5. The zero-order valence-electron chi connectivity index (χ0n) is 11.8. The summed E-state index contributed by atoms with van der Waals surface area (Å²) in [4.78, 5) is 18.5. The Hall–Kier alpha value is -1.62. The molecule has 1 aliphatic carbocycles. The van der Waals surface area contributed by atoms with Gasteiger partial charge in [-0.05, 0) is 30.5 Å². The lowest BCUT2D eigenvalue weighted by Crippen LogP contribution is -2.33. The standard InChI is InChI=1S/C16H18BrN3O/c17-14-3-1-2-13(10-14)11-20(15-4-5-15)16(21)6-8-19-9-7-18-12-19/h1-3,7,9-10,12,15H,4-6,8,11H2. The molecule has 2 aromatic rings. The fourth-order valence-corrected chi connectivity index (χ4v) is 2.87. The Morgan fingerprint density at radius 3 is 2.95 bits per heavy atom. The lowest BCUT2D eigenvalue weighted by molar-refractivity contribution is -0.132. The number of nitrogens with zero attached hydrogens (tertiary/aromatic N) is 3. The minimum Gasteiger partial charge on any atom is -0.337 e. The molecule has 1 heterocycles. The lowest BCUT2D eigenvalue weighted by Gasteiger charge is -2.23. The molecule has 1 amide bonds. The number of amides is 1. The van der Waals surface area contributed by atoms with Crippen molar-refractivity contribution in [1.82, 2.24) is 14.5 Å². The van der Waals surface area contributed by atoms with E-state index in [-0.39, 0.29) is 5.91 Å². The third-order valence-corrected chi connectivity index (χ3v) is 4.19. The van der Waals surface area contributed by atoms with Crippen LogP contribution in [-0.4, -0.2) is 26.4 Å². The van der Waals surface area contributed by atoms with Gasteiger partial charge in [-0.3, -0.25) is 4.79 Å². The molecule has 21 heavy (non-hydrogen) atoms. The fourth-order valence-electron chi connectivity index (χ4n) is 2.43. The van der Waals surface area contributed by atoms with Crippen molar-refractivity contribution >= 4 is 21.8 Å². The van der Waals surface area contributed by atoms with Crippen molar-refractivity contribution in [3.05, 3.63) is 53.0 Å². The molecule has 1 aromatic carbocycles. The van der Waals surface area contributed by atoms with Gasteiger partial charge in [0.1, 0.15) is 0 Å². The third kappa shape index (κ3) is 3.94. The molecule has 0 atom stereocenters. The van der Waals surface area contributed by atoms with Gasteiger partial charge in [0.25, 0.3) is 0 Å². The number of aromatic nitrogens is 2. The van der Waals surface area contributed by atoms with Crippen LogP contribution < -0.4 is 0 Å². The molecule has 110 valence electrons. The number of hydrogen-bond acceptors (Lipinski definition) is 2. The number of carbonyl (C=O) groups excluding carboxylic acids is 1. The molecule has 1 fully saturated rings. The second kappa shape index (κ2) is 6.43. The van der Waals surface area contributed by atoms with Crippen LogP contribution in [0.1, 0.15) is 24.8 Å². The van der Waals surface area contributed by atoms with Crippen molar-refractivity contribution in [2.45, 2.75) is 38.4 Å². The van der Waals surface area contributed by atoms with E-state index in [1.807, 2.05) is 27.8 Å². The Bertz CT molecular complexity index is 608. The molecular formula is C16H18BrN3O. The Morgan fingerprint density at radius 1 is 1.43 bits per heavy atom. The van der Waals surface area contributed by atoms with Crippen LogP contribution in [-0.2, 0) is 17.9 Å². The van der Waals surface area contributed by atoms with Crippen molar-refractivity contribution in [2.24, 2.45) is 0 Å². The molecule has 0 bridgehead atoms. The van der Waals surface area contributed by atoms with Crippen molar-refractivity contribution in [2.75, 3.05) is 0 Å². The molecule has 4 nitrogen and oxygen atoms in total. The van der Waals surface area contributed by atoms with Gasteiger partial charge in [-0.15, -0.1) is 0 Å². The zero-order valence-corrected chi connectivity index (χ0v) is 13.4. The summed E-state index contributed by atoms with van der Waals surface area (Å²) in [5, 5.41) is 0. The van der Waals surface area contributed by atoms with Gasteiger partial charge >= 0.3 is 0 Å². The van der Waals surface area contributed by atoms with Gasteiger partial charge in [-0.1, -0.05) is 28.1 Å². The van der Waals surface area contributed by atoms with Crippen LogP contribution in [0.25, 0.3) is 0 Å². The zero-order chi connectivity index (χ0) is 14.7. The average molecular weight is 348 g/mol. The maximum absolute atomic E-state index is 12.5. The van der Waals surface area contributed by atoms with E-state index in [4.69, 9.17) is 0 Å². The number of carbonyl (C=O) groups is 1. The van der Waals surface area contributed by atoms with Gasteiger partial charge in [0, 0.05) is 42.4 Å². The molecule has 0 saturated heterocycles. The van der Waals surface area contributed by atoms with E-state index >= 15 is 0 Å². The van der Waals surface area contributed by atoms with E-state index in [1.165, 1.54) is 5.56 Å². The molecule has 0 spiro atoms. The van der Waals surface area contributed by atoms with Gasteiger partial charge in [0.2, 0.25) is 5.91 Å². The first-order chi connectivity index (χ1) is 10.2. The maximum Gasteiger partial charge on any atom is 0.224 e. The Kier molecular flexibility index (Phi) is 4.39. The highest BCUT2D eigenvalue weighted by molar-refractivity contribution is 9.10. The monoisotopic (exact) mass is 347 g/mol. The summed E-state index contributed by atoms with van der Waals surface area (Å²) < 4.78 is 3.00. The average Bonchev–Trinajstić information content (AvgIpc) is 3.18. The van der Waals surface area contributed by atoms with Gasteiger partial charge in [-0.25, -0.2) is 4.98 Å². The van der Waals surface area contributed by atoms with Crippen molar-refractivity contribution < 1.29 is 4.79 Å². The summed E-state index contributed by atoms with van der Waals surface area (Å²) in [5.41, 5.74) is 1.17. The number of aryl methyl sites for hydroxylation is 1. The van der Waals surface area contributed by atoms with Crippen LogP contribution in [0.4, 0.5) is 0 Å². The SMILES string of the molecule is O=C(CCn1ccnc1)N(Cc1cccc(Br)c1)C1CC1. The number of benzene rings is 1. The minimum atomic E-state index is 0.228. The first-order valence-corrected chi connectivity index (χ1v) is 8.01. The van der Waals surface area contributed by atoms with E-state index in [0.717, 1.165) is 17.3 Å². The number of hydrogen-bond donors (Lipinski definition) is 0. The number of imidazole rings is 1. The van der Waals surface area contributed by atoms with Crippen LogP contribution in [0, 0.1) is 0 Å². The third-order valence-electron chi connectivity index (χ3n) is 3.69. The predicted octanol–water partition coefficient (Wildman–Crippen LogP) is 3.23. The molecular weight excluding hydrogens is 330 g/mol. The normalized spacial score (nSPS) is 14.1. The van der Waals surface area contributed by atoms with Crippen LogP contribution in [0.3, 0.4) is 0 Å². The second-order valence-corrected chi connectivity index (χ2v) is 6.35. The summed E-state index contributed by atoms with van der Waals surface area (Å²) in [6, 6.07) is 8.60. The lowest BCUT2D eigenvalue weighted by atomic mass is 10.2. The van der Waals surface area contributed by atoms with E-state index in [1.54, 1.807) is 12.5 Å². The number of halogens is 1. The summed E-state index contributed by atoms with van der Waals surface area (Å²) in [6.45, 7) is 1.40. The van der Waals surface area contributed by atoms with Crippen LogP contribution >= 0.6 is 15.9 Å². The second-order valence-electron chi connectivity index (χ2n) is 5.43. The molecule has 0 N–H and O–H groups in total. The highest BCUT2D eigenvalue weighted by Crippen LogP contribution is 2.29. The van der Waals surface area contributed by atoms with Crippen molar-refractivity contribution in [3.63, 3.8) is 0 Å². The molecule has 1 aliphatic rings. The largest absolute Gasteiger partial charge is 0.337 e. The van der Waals surface area contributed by atoms with Crippen molar-refractivity contribution in [3.8, 4) is 0 Å². The van der Waals surface area contributed by atoms with Crippen LogP contribution in [0.15, 0.2) is 47.5 Å². The topological polar surface area (TPSA) is 38.1 Å². The Morgan fingerprint density at radius 2 is 2.29 bits per heavy atom. The van der Waals surface area contributed by atoms with E-state index < -0.39 is 0 Å². The highest BCUT2D eigenvalue weighted by atomic mass is 79.9. The van der Waals surface area contributed by atoms with Crippen molar-refractivity contribution in [1.29, 1.82) is 0 Å². The number of rotatable bonds is 6. The predicted molar refractivity (Wildman–Crippen MR) is 84.6 cm³/mol. The summed E-state index contributed by atoms with van der Waals surface area (Å²) in [6.07, 6.45) is 8.17. The first kappa shape index (κ1) is 14.3. The molecule has 1 saturated carbocycles. The van der Waals surface area contributed by atoms with Gasteiger partial charge in [0.15, 0.2) is 0 Å². The van der Waals surface area contributed by atoms with E-state index in [9.17, 15) is 4.79 Å². The molecule has 3 rings (SSSR count). The Labute approximate surface area is 132 Å². The molecule has 1 aromatic heterocycles. The smallest absolute Gasteiger partial charge is 0.224 e. The molecule has 0 aliphatic heterocycles. The van der Waals surface area contributed by atoms with E-state index in [0.29, 0.717) is 25.6 Å². The molecule has 0 unspecified atom stereocenters. The summed E-state index contributed by atoms with van der Waals surface area (Å²) in [7, 11) is 0. The molecule has 5 heteroatoms. The van der Waals surface area contributed by atoms with Gasteiger partial charge in [-0.2, -0.15) is 0 Å². The van der Waals surface area contributed by atoms with E-state index in [2.05, 4.69) is 33.0 Å². The fraction of sp³-hybridized carbons (Fsp3) is 0.375. The summed E-state index contributed by atoms with van der Waals surface area (Å²) in [5.74, 6) is 0.228. The Balaban J connectivity index is 1.62. The van der Waals surface area contributed by atoms with Crippen LogP contribution in [0.5, 0.6) is 0 Å². The van der Waals surface area contributed by atoms with Gasteiger partial charge in [0.05, 0.1) is 6.33 Å². The molecule has 0 radical (unpaired) electrons.